The molecule has 1 aromatic heterocycles. The number of nitro groups is 1. The van der Waals surface area contributed by atoms with Crippen molar-refractivity contribution in [1.29, 1.82) is 0 Å². The van der Waals surface area contributed by atoms with Gasteiger partial charge in [-0.25, -0.2) is 14.8 Å². The van der Waals surface area contributed by atoms with E-state index in [1.807, 2.05) is 0 Å². The minimum absolute atomic E-state index is 0.0885. The smallest absolute Gasteiger partial charge is 0.355 e. The Labute approximate surface area is 190 Å². The van der Waals surface area contributed by atoms with Crippen molar-refractivity contribution in [3.05, 3.63) is 80.1 Å². The fraction of sp³-hybridized carbons (Fsp3) is 0.0526. The van der Waals surface area contributed by atoms with Crippen molar-refractivity contribution >= 4 is 58.1 Å². The van der Waals surface area contributed by atoms with Gasteiger partial charge >= 0.3 is 11.7 Å². The van der Waals surface area contributed by atoms with Crippen LogP contribution in [0.4, 0.5) is 23.0 Å². The summed E-state index contributed by atoms with van der Waals surface area (Å²) in [5, 5.41) is 14.9. The number of hydrogen-bond donors (Lipinski definition) is 3. The number of nitrogens with zero attached hydrogens (tertiary/aromatic N) is 3. The number of nitrogens with one attached hydrogen (secondary N) is 3. The van der Waals surface area contributed by atoms with Gasteiger partial charge in [0.2, 0.25) is 11.6 Å². The van der Waals surface area contributed by atoms with Crippen LogP contribution in [-0.2, 0) is 4.74 Å². The highest BCUT2D eigenvalue weighted by molar-refractivity contribution is 6.36. The van der Waals surface area contributed by atoms with Gasteiger partial charge in [-0.2, -0.15) is 0 Å². The minimum atomic E-state index is -0.743. The lowest BCUT2D eigenvalue weighted by Gasteiger charge is -2.13. The molecule has 3 N–H and O–H groups in total. The summed E-state index contributed by atoms with van der Waals surface area (Å²) in [5.41, 5.74) is 4.56. The molecule has 0 unspecified atom stereocenters. The Balaban J connectivity index is 1.88. The predicted molar refractivity (Wildman–Crippen MR) is 117 cm³/mol. The topological polar surface area (TPSA) is 148 Å². The zero-order valence-electron chi connectivity index (χ0n) is 16.3. The van der Waals surface area contributed by atoms with E-state index in [0.717, 1.165) is 6.33 Å². The largest absolute Gasteiger partial charge is 0.465 e. The van der Waals surface area contributed by atoms with E-state index >= 15 is 0 Å². The first kappa shape index (κ1) is 22.7. The molecule has 32 heavy (non-hydrogen) atoms. The monoisotopic (exact) mass is 476 g/mol. The Bertz CT molecular complexity index is 1210. The van der Waals surface area contributed by atoms with Gasteiger partial charge in [0.15, 0.2) is 0 Å². The average Bonchev–Trinajstić information content (AvgIpc) is 2.77. The molecule has 0 aliphatic carbocycles. The molecule has 0 radical (unpaired) electrons. The lowest BCUT2D eigenvalue weighted by Crippen LogP contribution is -2.30. The Hall–Kier alpha value is -3.96. The molecule has 0 atom stereocenters. The summed E-state index contributed by atoms with van der Waals surface area (Å²) in [6.07, 6.45) is 1.04. The number of halogens is 2. The van der Waals surface area contributed by atoms with Crippen LogP contribution in [0.2, 0.25) is 10.0 Å². The van der Waals surface area contributed by atoms with Crippen LogP contribution in [0, 0.1) is 10.1 Å². The van der Waals surface area contributed by atoms with Crippen LogP contribution in [0.1, 0.15) is 20.7 Å². The predicted octanol–water partition coefficient (Wildman–Crippen LogP) is 3.98. The number of hydrazine groups is 1. The van der Waals surface area contributed by atoms with E-state index in [1.54, 1.807) is 12.1 Å². The van der Waals surface area contributed by atoms with Crippen molar-refractivity contribution in [2.75, 3.05) is 17.9 Å². The number of para-hydroxylation sites is 1. The third kappa shape index (κ3) is 5.02. The zero-order chi connectivity index (χ0) is 23.3. The number of esters is 1. The molecule has 3 aromatic rings. The van der Waals surface area contributed by atoms with Gasteiger partial charge in [0, 0.05) is 5.02 Å². The van der Waals surface area contributed by atoms with E-state index in [0.29, 0.717) is 5.02 Å². The summed E-state index contributed by atoms with van der Waals surface area (Å²) >= 11 is 11.8. The number of methoxy groups -OCH3 is 1. The maximum atomic E-state index is 12.4. The van der Waals surface area contributed by atoms with Crippen LogP contribution in [0.25, 0.3) is 0 Å². The molecule has 13 heteroatoms. The summed E-state index contributed by atoms with van der Waals surface area (Å²) < 4.78 is 4.72. The molecule has 2 aromatic carbocycles. The molecule has 0 fully saturated rings. The van der Waals surface area contributed by atoms with Gasteiger partial charge in [0.05, 0.1) is 33.9 Å². The number of rotatable bonds is 7. The molecule has 0 spiro atoms. The Kier molecular flexibility index (Phi) is 7.03. The van der Waals surface area contributed by atoms with Crippen LogP contribution in [0.3, 0.4) is 0 Å². The summed E-state index contributed by atoms with van der Waals surface area (Å²) in [6.45, 7) is 0. The van der Waals surface area contributed by atoms with E-state index in [9.17, 15) is 19.7 Å². The third-order valence-electron chi connectivity index (χ3n) is 4.06. The van der Waals surface area contributed by atoms with Crippen molar-refractivity contribution in [2.45, 2.75) is 0 Å². The third-order valence-corrected chi connectivity index (χ3v) is 4.61. The van der Waals surface area contributed by atoms with Crippen LogP contribution in [0.5, 0.6) is 0 Å². The Morgan fingerprint density at radius 2 is 1.78 bits per heavy atom. The summed E-state index contributed by atoms with van der Waals surface area (Å²) in [5.74, 6) is -1.84. The second kappa shape index (κ2) is 9.90. The molecule has 3 rings (SSSR count). The van der Waals surface area contributed by atoms with Gasteiger partial charge in [-0.05, 0) is 30.3 Å². The second-order valence-corrected chi connectivity index (χ2v) is 6.89. The Morgan fingerprint density at radius 1 is 1.06 bits per heavy atom. The summed E-state index contributed by atoms with van der Waals surface area (Å²) in [7, 11) is 1.21. The number of carbonyl (C=O) groups is 2. The molecule has 0 saturated carbocycles. The maximum absolute atomic E-state index is 12.4. The van der Waals surface area contributed by atoms with Gasteiger partial charge in [-0.3, -0.25) is 25.8 Å². The highest BCUT2D eigenvalue weighted by atomic mass is 35.5. The highest BCUT2D eigenvalue weighted by Gasteiger charge is 2.25. The van der Waals surface area contributed by atoms with Crippen molar-refractivity contribution in [1.82, 2.24) is 15.4 Å². The van der Waals surface area contributed by atoms with E-state index in [4.69, 9.17) is 27.9 Å². The van der Waals surface area contributed by atoms with E-state index in [2.05, 4.69) is 26.1 Å². The molecule has 0 aliphatic heterocycles. The summed E-state index contributed by atoms with van der Waals surface area (Å²) in [6, 6.07) is 10.5. The number of amides is 1. The molecule has 1 amide bonds. The molecule has 0 saturated heterocycles. The number of anilines is 3. The molecular weight excluding hydrogens is 463 g/mol. The van der Waals surface area contributed by atoms with Crippen molar-refractivity contribution < 1.29 is 19.2 Å². The molecule has 0 aliphatic rings. The normalized spacial score (nSPS) is 10.2. The molecule has 164 valence electrons. The van der Waals surface area contributed by atoms with Crippen molar-refractivity contribution in [2.24, 2.45) is 0 Å². The maximum Gasteiger partial charge on any atom is 0.355 e. The second-order valence-electron chi connectivity index (χ2n) is 6.04. The van der Waals surface area contributed by atoms with Gasteiger partial charge in [-0.1, -0.05) is 35.3 Å². The van der Waals surface area contributed by atoms with Crippen molar-refractivity contribution in [3.63, 3.8) is 0 Å². The van der Waals surface area contributed by atoms with Gasteiger partial charge in [0.25, 0.3) is 5.91 Å². The fourth-order valence-corrected chi connectivity index (χ4v) is 3.09. The first-order valence-corrected chi connectivity index (χ1v) is 9.52. The van der Waals surface area contributed by atoms with Crippen LogP contribution in [-0.4, -0.2) is 33.9 Å². The zero-order valence-corrected chi connectivity index (χ0v) is 17.8. The highest BCUT2D eigenvalue weighted by Crippen LogP contribution is 2.32. The molecular formula is C19H14Cl2N6O5. The first-order valence-electron chi connectivity index (χ1n) is 8.77. The average molecular weight is 477 g/mol. The minimum Gasteiger partial charge on any atom is -0.465 e. The first-order chi connectivity index (χ1) is 15.3. The quantitative estimate of drug-likeness (QED) is 0.261. The van der Waals surface area contributed by atoms with E-state index in [1.165, 1.54) is 37.4 Å². The van der Waals surface area contributed by atoms with Gasteiger partial charge in [-0.15, -0.1) is 0 Å². The van der Waals surface area contributed by atoms with Crippen molar-refractivity contribution in [3.8, 4) is 0 Å². The lowest BCUT2D eigenvalue weighted by atomic mass is 10.2. The number of hydrogen-bond acceptors (Lipinski definition) is 9. The van der Waals surface area contributed by atoms with Crippen LogP contribution in [0.15, 0.2) is 48.8 Å². The standard InChI is InChI=1S/C19H14Cl2N6O5/c1-32-19(29)12-4-2-3-5-14(12)24-16-15(27(30)31)17(23-9-22-16)25-26-18(28)11-7-6-10(20)8-13(11)21/h2-9H,1H3,(H,26,28)(H2,22,23,24,25). The van der Waals surface area contributed by atoms with E-state index in [-0.39, 0.29) is 33.5 Å². The van der Waals surface area contributed by atoms with Crippen LogP contribution >= 0.6 is 23.2 Å². The SMILES string of the molecule is COC(=O)c1ccccc1Nc1ncnc(NNC(=O)c2ccc(Cl)cc2Cl)c1[N+](=O)[O-]. The lowest BCUT2D eigenvalue weighted by molar-refractivity contribution is -0.383. The number of benzene rings is 2. The fourth-order valence-electron chi connectivity index (χ4n) is 2.60. The number of aromatic nitrogens is 2. The van der Waals surface area contributed by atoms with Crippen LogP contribution < -0.4 is 16.2 Å². The molecule has 1 heterocycles. The molecule has 11 nitrogen and oxygen atoms in total. The summed E-state index contributed by atoms with van der Waals surface area (Å²) in [4.78, 5) is 43.0. The number of carbonyl (C=O) groups excluding carboxylic acids is 2. The molecule has 0 bridgehead atoms. The Morgan fingerprint density at radius 3 is 2.47 bits per heavy atom. The van der Waals surface area contributed by atoms with Gasteiger partial charge < -0.3 is 10.1 Å². The van der Waals surface area contributed by atoms with E-state index < -0.39 is 22.5 Å². The number of ether oxygens (including phenoxy) is 1. The van der Waals surface area contributed by atoms with Gasteiger partial charge in [0.1, 0.15) is 6.33 Å².